The molecule has 0 atom stereocenters. The van der Waals surface area contributed by atoms with Crippen LogP contribution >= 0.6 is 0 Å². The Balaban J connectivity index is 0. The number of hydrogen-bond acceptors (Lipinski definition) is 4. The number of rotatable bonds is 5. The number of ether oxygens (including phenoxy) is 2. The summed E-state index contributed by atoms with van der Waals surface area (Å²) in [7, 11) is 2.68. The molecule has 0 amide bonds. The first-order valence-electron chi connectivity index (χ1n) is 4.99. The third kappa shape index (κ3) is 10.5. The highest BCUT2D eigenvalue weighted by Crippen LogP contribution is 2.05. The molecule has 0 saturated heterocycles. The topological polar surface area (TPSA) is 52.6 Å². The summed E-state index contributed by atoms with van der Waals surface area (Å²) in [4.78, 5) is 20.5. The molecule has 0 rings (SSSR count). The maximum absolute atomic E-state index is 10.7. The molecule has 0 heterocycles. The van der Waals surface area contributed by atoms with E-state index in [0.29, 0.717) is 5.57 Å². The Hall–Kier alpha value is -1.58. The molecule has 0 aliphatic carbocycles. The Labute approximate surface area is 96.9 Å². The van der Waals surface area contributed by atoms with Gasteiger partial charge in [0, 0.05) is 11.6 Å². The van der Waals surface area contributed by atoms with Crippen LogP contribution in [0.2, 0.25) is 0 Å². The molecule has 0 aliphatic heterocycles. The number of hydrogen-bond donors (Lipinski definition) is 0. The Bertz CT molecular complexity index is 243. The molecule has 0 spiro atoms. The summed E-state index contributed by atoms with van der Waals surface area (Å²) < 4.78 is 8.61. The number of carbonyl (C=O) groups excluding carboxylic acids is 2. The number of methoxy groups -OCH3 is 2. The molecule has 0 aliphatic rings. The van der Waals surface area contributed by atoms with Crippen molar-refractivity contribution in [2.45, 2.75) is 26.2 Å². The van der Waals surface area contributed by atoms with E-state index in [1.807, 2.05) is 0 Å². The maximum Gasteiger partial charge on any atom is 0.333 e. The van der Waals surface area contributed by atoms with Gasteiger partial charge in [0.05, 0.1) is 14.2 Å². The normalized spacial score (nSPS) is 8.19. The van der Waals surface area contributed by atoms with Crippen molar-refractivity contribution in [1.29, 1.82) is 0 Å². The Kier molecular flexibility index (Phi) is 12.1. The van der Waals surface area contributed by atoms with Crippen LogP contribution in [0.3, 0.4) is 0 Å². The van der Waals surface area contributed by atoms with Crippen molar-refractivity contribution in [3.63, 3.8) is 0 Å². The van der Waals surface area contributed by atoms with Gasteiger partial charge in [0.2, 0.25) is 0 Å². The highest BCUT2D eigenvalue weighted by molar-refractivity contribution is 5.87. The van der Waals surface area contributed by atoms with E-state index in [2.05, 4.69) is 29.6 Å². The smallest absolute Gasteiger partial charge is 0.333 e. The number of esters is 2. The van der Waals surface area contributed by atoms with Crippen molar-refractivity contribution >= 4 is 11.9 Å². The quantitative estimate of drug-likeness (QED) is 0.535. The van der Waals surface area contributed by atoms with Crippen molar-refractivity contribution in [1.82, 2.24) is 0 Å². The molecule has 0 radical (unpaired) electrons. The fourth-order valence-electron chi connectivity index (χ4n) is 0.720. The van der Waals surface area contributed by atoms with E-state index in [0.717, 1.165) is 25.3 Å². The molecular weight excluding hydrogens is 208 g/mol. The van der Waals surface area contributed by atoms with Gasteiger partial charge in [-0.3, -0.25) is 0 Å². The summed E-state index contributed by atoms with van der Waals surface area (Å²) in [5.41, 5.74) is 0.573. The SMILES string of the molecule is C=C(CCCC)C(=O)OC.C=CC(=O)OC. The molecule has 0 N–H and O–H groups in total. The van der Waals surface area contributed by atoms with E-state index in [9.17, 15) is 9.59 Å². The van der Waals surface area contributed by atoms with E-state index < -0.39 is 5.97 Å². The summed E-state index contributed by atoms with van der Waals surface area (Å²) in [5.74, 6) is -0.677. The average molecular weight is 228 g/mol. The first-order valence-corrected chi connectivity index (χ1v) is 4.99. The molecule has 16 heavy (non-hydrogen) atoms. The van der Waals surface area contributed by atoms with Crippen LogP contribution in [0.5, 0.6) is 0 Å². The lowest BCUT2D eigenvalue weighted by Gasteiger charge is -2.00. The molecule has 0 bridgehead atoms. The molecule has 92 valence electrons. The van der Waals surface area contributed by atoms with Crippen LogP contribution in [0.25, 0.3) is 0 Å². The number of carbonyl (C=O) groups is 2. The van der Waals surface area contributed by atoms with Gasteiger partial charge in [0.15, 0.2) is 0 Å². The van der Waals surface area contributed by atoms with Gasteiger partial charge < -0.3 is 9.47 Å². The minimum Gasteiger partial charge on any atom is -0.466 e. The second kappa shape index (κ2) is 11.5. The fourth-order valence-corrected chi connectivity index (χ4v) is 0.720. The molecular formula is C12H20O4. The van der Waals surface area contributed by atoms with Gasteiger partial charge in [-0.2, -0.15) is 0 Å². The highest BCUT2D eigenvalue weighted by atomic mass is 16.5. The molecule has 0 unspecified atom stereocenters. The summed E-state index contributed by atoms with van der Waals surface area (Å²) in [6, 6.07) is 0. The third-order valence-electron chi connectivity index (χ3n) is 1.67. The largest absolute Gasteiger partial charge is 0.466 e. The molecule has 0 aromatic heterocycles. The highest BCUT2D eigenvalue weighted by Gasteiger charge is 2.03. The van der Waals surface area contributed by atoms with Crippen LogP contribution in [-0.4, -0.2) is 26.2 Å². The molecule has 0 saturated carbocycles. The van der Waals surface area contributed by atoms with Crippen molar-refractivity contribution in [3.8, 4) is 0 Å². The van der Waals surface area contributed by atoms with E-state index >= 15 is 0 Å². The second-order valence-corrected chi connectivity index (χ2v) is 2.93. The summed E-state index contributed by atoms with van der Waals surface area (Å²) in [5, 5.41) is 0. The first kappa shape index (κ1) is 16.8. The van der Waals surface area contributed by atoms with E-state index in [1.165, 1.54) is 14.2 Å². The van der Waals surface area contributed by atoms with Gasteiger partial charge in [-0.25, -0.2) is 9.59 Å². The van der Waals surface area contributed by atoms with E-state index in [4.69, 9.17) is 0 Å². The minimum atomic E-state index is -0.394. The second-order valence-electron chi connectivity index (χ2n) is 2.93. The average Bonchev–Trinajstić information content (AvgIpc) is 2.34. The van der Waals surface area contributed by atoms with Crippen LogP contribution in [0.15, 0.2) is 24.8 Å². The summed E-state index contributed by atoms with van der Waals surface area (Å²) in [6.07, 6.45) is 3.95. The Morgan fingerprint density at radius 2 is 1.81 bits per heavy atom. The predicted molar refractivity (Wildman–Crippen MR) is 62.9 cm³/mol. The lowest BCUT2D eigenvalue weighted by molar-refractivity contribution is -0.136. The summed E-state index contributed by atoms with van der Waals surface area (Å²) >= 11 is 0. The van der Waals surface area contributed by atoms with Crippen molar-refractivity contribution in [2.75, 3.05) is 14.2 Å². The first-order chi connectivity index (χ1) is 7.53. The van der Waals surface area contributed by atoms with Crippen LogP contribution < -0.4 is 0 Å². The van der Waals surface area contributed by atoms with Gasteiger partial charge >= 0.3 is 11.9 Å². The zero-order valence-electron chi connectivity index (χ0n) is 10.2. The van der Waals surface area contributed by atoms with Gasteiger partial charge in [0.25, 0.3) is 0 Å². The number of unbranched alkanes of at least 4 members (excludes halogenated alkanes) is 1. The standard InChI is InChI=1S/C8H14O2.C4H6O2/c1-4-5-6-7(2)8(9)10-3;1-3-4(5)6-2/h2,4-6H2,1,3H3;3H,1H2,2H3. The Morgan fingerprint density at radius 1 is 1.25 bits per heavy atom. The molecule has 4 heteroatoms. The van der Waals surface area contributed by atoms with Crippen LogP contribution in [0.1, 0.15) is 26.2 Å². The van der Waals surface area contributed by atoms with E-state index in [1.54, 1.807) is 0 Å². The van der Waals surface area contributed by atoms with Gasteiger partial charge in [-0.15, -0.1) is 0 Å². The van der Waals surface area contributed by atoms with Gasteiger partial charge in [-0.1, -0.05) is 26.5 Å². The molecule has 0 fully saturated rings. The van der Waals surface area contributed by atoms with Crippen molar-refractivity contribution in [3.05, 3.63) is 24.8 Å². The molecule has 0 aromatic carbocycles. The zero-order valence-corrected chi connectivity index (χ0v) is 10.2. The molecule has 0 aromatic rings. The van der Waals surface area contributed by atoms with E-state index in [-0.39, 0.29) is 5.97 Å². The van der Waals surface area contributed by atoms with Crippen molar-refractivity contribution in [2.24, 2.45) is 0 Å². The lowest BCUT2D eigenvalue weighted by Crippen LogP contribution is -2.02. The van der Waals surface area contributed by atoms with Crippen LogP contribution in [0, 0.1) is 0 Å². The summed E-state index contributed by atoms with van der Waals surface area (Å²) in [6.45, 7) is 8.82. The monoisotopic (exact) mass is 228 g/mol. The fraction of sp³-hybridized carbons (Fsp3) is 0.500. The van der Waals surface area contributed by atoms with Crippen molar-refractivity contribution < 1.29 is 19.1 Å². The predicted octanol–water partition coefficient (Wildman–Crippen LogP) is 2.25. The Morgan fingerprint density at radius 3 is 2.06 bits per heavy atom. The lowest BCUT2D eigenvalue weighted by atomic mass is 10.1. The maximum atomic E-state index is 10.7. The molecule has 4 nitrogen and oxygen atoms in total. The zero-order chi connectivity index (χ0) is 13.0. The van der Waals surface area contributed by atoms with Crippen LogP contribution in [-0.2, 0) is 19.1 Å². The van der Waals surface area contributed by atoms with Gasteiger partial charge in [-0.05, 0) is 12.8 Å². The van der Waals surface area contributed by atoms with Gasteiger partial charge in [0.1, 0.15) is 0 Å². The van der Waals surface area contributed by atoms with Crippen LogP contribution in [0.4, 0.5) is 0 Å². The minimum absolute atomic E-state index is 0.284. The third-order valence-corrected chi connectivity index (χ3v) is 1.67.